The maximum absolute atomic E-state index is 11.2. The lowest BCUT2D eigenvalue weighted by Crippen LogP contribution is -2.54. The van der Waals surface area contributed by atoms with E-state index >= 15 is 0 Å². The van der Waals surface area contributed by atoms with Crippen molar-refractivity contribution < 1.29 is 4.92 Å². The van der Waals surface area contributed by atoms with Crippen LogP contribution in [-0.4, -0.2) is 45.4 Å². The van der Waals surface area contributed by atoms with Crippen molar-refractivity contribution in [3.05, 3.63) is 21.7 Å². The zero-order valence-electron chi connectivity index (χ0n) is 11.5. The fourth-order valence-electron chi connectivity index (χ4n) is 2.68. The number of nitro groups is 1. The summed E-state index contributed by atoms with van der Waals surface area (Å²) < 4.78 is 1.52. The lowest BCUT2D eigenvalue weighted by molar-refractivity contribution is -0.389. The van der Waals surface area contributed by atoms with Crippen LogP contribution in [0.3, 0.4) is 0 Å². The Morgan fingerprint density at radius 2 is 2.35 bits per heavy atom. The number of thiazole rings is 1. The minimum absolute atomic E-state index is 0.0227. The van der Waals surface area contributed by atoms with Gasteiger partial charge >= 0.3 is 5.82 Å². The molecule has 1 saturated carbocycles. The van der Waals surface area contributed by atoms with Crippen molar-refractivity contribution in [3.63, 3.8) is 0 Å². The van der Waals surface area contributed by atoms with Gasteiger partial charge in [0.25, 0.3) is 4.96 Å². The maximum atomic E-state index is 11.2. The van der Waals surface area contributed by atoms with E-state index in [0.717, 1.165) is 12.8 Å². The first-order valence-corrected chi connectivity index (χ1v) is 7.43. The molecule has 0 aromatic carbocycles. The molecule has 3 rings (SSSR count). The van der Waals surface area contributed by atoms with Gasteiger partial charge in [0.2, 0.25) is 5.82 Å². The van der Waals surface area contributed by atoms with Crippen LogP contribution in [0.25, 0.3) is 4.96 Å². The molecule has 0 aliphatic heterocycles. The van der Waals surface area contributed by atoms with Crippen LogP contribution in [0.4, 0.5) is 11.6 Å². The Labute approximate surface area is 120 Å². The molecular formula is C12H17N5O2S. The van der Waals surface area contributed by atoms with E-state index in [-0.39, 0.29) is 16.3 Å². The molecule has 1 N–H and O–H groups in total. The van der Waals surface area contributed by atoms with E-state index in [0.29, 0.717) is 17.3 Å². The average molecular weight is 295 g/mol. The van der Waals surface area contributed by atoms with Crippen molar-refractivity contribution in [1.29, 1.82) is 0 Å². The van der Waals surface area contributed by atoms with Gasteiger partial charge in [0, 0.05) is 17.5 Å². The topological polar surface area (TPSA) is 75.7 Å². The Kier molecular flexibility index (Phi) is 3.14. The smallest absolute Gasteiger partial charge is 0.361 e. The fraction of sp³-hybridized carbons (Fsp3) is 0.583. The number of hydrogen-bond acceptors (Lipinski definition) is 6. The second kappa shape index (κ2) is 4.71. The zero-order valence-corrected chi connectivity index (χ0v) is 12.3. The molecule has 1 fully saturated rings. The van der Waals surface area contributed by atoms with Crippen molar-refractivity contribution in [2.24, 2.45) is 0 Å². The van der Waals surface area contributed by atoms with Crippen molar-refractivity contribution in [3.8, 4) is 0 Å². The second-order valence-corrected chi connectivity index (χ2v) is 6.30. The number of fused-ring (bicyclic) bond motifs is 1. The number of nitrogens with zero attached hydrogens (tertiary/aromatic N) is 4. The predicted octanol–water partition coefficient (Wildman–Crippen LogP) is 2.20. The van der Waals surface area contributed by atoms with Gasteiger partial charge in [-0.3, -0.25) is 0 Å². The number of likely N-dealkylation sites (N-methyl/N-ethyl adjacent to an activating group) is 1. The summed E-state index contributed by atoms with van der Waals surface area (Å²) in [6.07, 6.45) is 5.12. The number of rotatable bonds is 5. The third-order valence-corrected chi connectivity index (χ3v) is 4.98. The van der Waals surface area contributed by atoms with Crippen LogP contribution in [0, 0.1) is 10.1 Å². The Morgan fingerprint density at radius 1 is 1.60 bits per heavy atom. The van der Waals surface area contributed by atoms with Crippen molar-refractivity contribution >= 4 is 27.9 Å². The Hall–Kier alpha value is -1.67. The molecule has 108 valence electrons. The summed E-state index contributed by atoms with van der Waals surface area (Å²) in [5.41, 5.74) is 0.102. The highest BCUT2D eigenvalue weighted by molar-refractivity contribution is 7.15. The minimum atomic E-state index is -0.377. The molecule has 0 unspecified atom stereocenters. The Balaban J connectivity index is 1.85. The van der Waals surface area contributed by atoms with Crippen molar-refractivity contribution in [2.45, 2.75) is 24.8 Å². The lowest BCUT2D eigenvalue weighted by atomic mass is 9.75. The third kappa shape index (κ3) is 1.95. The molecule has 2 aromatic heterocycles. The summed E-state index contributed by atoms with van der Waals surface area (Å²) in [6, 6.07) is 0. The molecule has 2 heterocycles. The van der Waals surface area contributed by atoms with Crippen LogP contribution in [-0.2, 0) is 0 Å². The Morgan fingerprint density at radius 3 is 2.90 bits per heavy atom. The number of anilines is 1. The van der Waals surface area contributed by atoms with E-state index in [1.807, 2.05) is 0 Å². The summed E-state index contributed by atoms with van der Waals surface area (Å²) >= 11 is 1.40. The highest BCUT2D eigenvalue weighted by atomic mass is 32.1. The van der Waals surface area contributed by atoms with Gasteiger partial charge in [-0.25, -0.2) is 0 Å². The van der Waals surface area contributed by atoms with E-state index in [9.17, 15) is 10.1 Å². The molecule has 20 heavy (non-hydrogen) atoms. The van der Waals surface area contributed by atoms with Gasteiger partial charge < -0.3 is 20.3 Å². The van der Waals surface area contributed by atoms with E-state index in [1.54, 1.807) is 11.6 Å². The summed E-state index contributed by atoms with van der Waals surface area (Å²) in [5, 5.41) is 16.2. The van der Waals surface area contributed by atoms with Crippen LogP contribution in [0.1, 0.15) is 19.3 Å². The Bertz CT molecular complexity index is 643. The van der Waals surface area contributed by atoms with Gasteiger partial charge in [0.1, 0.15) is 6.20 Å². The molecule has 8 heteroatoms. The highest BCUT2D eigenvalue weighted by Crippen LogP contribution is 2.37. The molecule has 7 nitrogen and oxygen atoms in total. The molecule has 0 radical (unpaired) electrons. The molecule has 0 amide bonds. The summed E-state index contributed by atoms with van der Waals surface area (Å²) in [7, 11) is 4.11. The molecule has 0 spiro atoms. The second-order valence-electron chi connectivity index (χ2n) is 5.42. The molecular weight excluding hydrogens is 278 g/mol. The van der Waals surface area contributed by atoms with Gasteiger partial charge in [0.15, 0.2) is 0 Å². The molecule has 0 saturated heterocycles. The molecule has 2 aromatic rings. The van der Waals surface area contributed by atoms with Gasteiger partial charge in [0.05, 0.1) is 0 Å². The molecule has 1 aliphatic carbocycles. The van der Waals surface area contributed by atoms with Gasteiger partial charge in [-0.15, -0.1) is 0 Å². The van der Waals surface area contributed by atoms with Crippen LogP contribution in [0.15, 0.2) is 11.6 Å². The fourth-order valence-corrected chi connectivity index (χ4v) is 3.39. The lowest BCUT2D eigenvalue weighted by Gasteiger charge is -2.47. The van der Waals surface area contributed by atoms with E-state index in [2.05, 4.69) is 29.3 Å². The molecule has 0 atom stereocenters. The number of nitrogens with one attached hydrogen (secondary N) is 1. The highest BCUT2D eigenvalue weighted by Gasteiger charge is 2.39. The van der Waals surface area contributed by atoms with Gasteiger partial charge in [-0.1, -0.05) is 11.3 Å². The monoisotopic (exact) mass is 295 g/mol. The van der Waals surface area contributed by atoms with E-state index in [4.69, 9.17) is 0 Å². The number of imidazole rings is 1. The summed E-state index contributed by atoms with van der Waals surface area (Å²) in [6.45, 7) is 0.686. The first-order chi connectivity index (χ1) is 9.53. The van der Waals surface area contributed by atoms with Crippen molar-refractivity contribution in [1.82, 2.24) is 14.3 Å². The number of hydrogen-bond donors (Lipinski definition) is 1. The first-order valence-electron chi connectivity index (χ1n) is 6.55. The van der Waals surface area contributed by atoms with E-state index < -0.39 is 0 Å². The van der Waals surface area contributed by atoms with Crippen molar-refractivity contribution in [2.75, 3.05) is 26.0 Å². The predicted molar refractivity (Wildman–Crippen MR) is 78.5 cm³/mol. The molecule has 0 bridgehead atoms. The normalized spacial score (nSPS) is 17.4. The maximum Gasteiger partial charge on any atom is 0.372 e. The summed E-state index contributed by atoms with van der Waals surface area (Å²) in [4.78, 5) is 18.0. The van der Waals surface area contributed by atoms with Crippen LogP contribution in [0.5, 0.6) is 0 Å². The van der Waals surface area contributed by atoms with Gasteiger partial charge in [-0.2, -0.15) is 9.38 Å². The van der Waals surface area contributed by atoms with Crippen LogP contribution >= 0.6 is 11.3 Å². The number of aromatic nitrogens is 2. The van der Waals surface area contributed by atoms with Crippen LogP contribution in [0.2, 0.25) is 0 Å². The van der Waals surface area contributed by atoms with Gasteiger partial charge in [-0.05, 0) is 38.3 Å². The quantitative estimate of drug-likeness (QED) is 0.676. The summed E-state index contributed by atoms with van der Waals surface area (Å²) in [5.74, 6) is 0.393. The zero-order chi connectivity index (χ0) is 14.3. The third-order valence-electron chi connectivity index (χ3n) is 4.23. The molecule has 1 aliphatic rings. The standard InChI is InChI=1S/C12H17N5O2S/c1-15(2)12(4-3-5-12)8-13-9-10(17(18)19)16-6-7-20-11(16)14-9/h6-7,13H,3-5,8H2,1-2H3. The SMILES string of the molecule is CN(C)C1(CNc2nc3sccn3c2[N+](=O)[O-])CCC1. The van der Waals surface area contributed by atoms with E-state index in [1.165, 1.54) is 22.2 Å². The largest absolute Gasteiger partial charge is 0.372 e. The van der Waals surface area contributed by atoms with Crippen LogP contribution < -0.4 is 5.32 Å². The average Bonchev–Trinajstić information content (AvgIpc) is 2.85. The first kappa shape index (κ1) is 13.3. The minimum Gasteiger partial charge on any atom is -0.361 e.